The van der Waals surface area contributed by atoms with Crippen molar-refractivity contribution in [1.82, 2.24) is 5.32 Å². The second-order valence-electron chi connectivity index (χ2n) is 7.47. The van der Waals surface area contributed by atoms with E-state index in [1.807, 2.05) is 12.1 Å². The zero-order valence-corrected chi connectivity index (χ0v) is 16.8. The molecule has 0 aromatic heterocycles. The third kappa shape index (κ3) is 6.69. The van der Waals surface area contributed by atoms with Crippen LogP contribution >= 0.6 is 0 Å². The smallest absolute Gasteiger partial charge is 0.239 e. The molecule has 0 aliphatic carbocycles. The van der Waals surface area contributed by atoms with E-state index in [1.165, 1.54) is 17.7 Å². The maximum absolute atomic E-state index is 11.9. The summed E-state index contributed by atoms with van der Waals surface area (Å²) in [5, 5.41) is 11.0. The molecular weight excluding hydrogens is 362 g/mol. The summed E-state index contributed by atoms with van der Waals surface area (Å²) < 4.78 is 22.4. The Kier molecular flexibility index (Phi) is 6.62. The van der Waals surface area contributed by atoms with Gasteiger partial charge >= 0.3 is 0 Å². The highest BCUT2D eigenvalue weighted by Gasteiger charge is 2.13. The van der Waals surface area contributed by atoms with Gasteiger partial charge in [-0.2, -0.15) is 0 Å². The molecule has 2 aromatic carbocycles. The number of nitrogens with two attached hydrogens (primary N) is 1. The van der Waals surface area contributed by atoms with Crippen molar-refractivity contribution < 1.29 is 13.2 Å². The number of anilines is 1. The Bertz CT molecular complexity index is 868. The van der Waals surface area contributed by atoms with Gasteiger partial charge in [0.15, 0.2) is 0 Å². The lowest BCUT2D eigenvalue weighted by atomic mass is 9.87. The molecule has 0 radical (unpaired) electrons. The normalized spacial score (nSPS) is 11.9. The van der Waals surface area contributed by atoms with Gasteiger partial charge in [0.2, 0.25) is 15.9 Å². The number of hydrogen-bond donors (Lipinski definition) is 3. The zero-order valence-electron chi connectivity index (χ0n) is 16.0. The molecule has 4 N–H and O–H groups in total. The van der Waals surface area contributed by atoms with Crippen LogP contribution < -0.4 is 15.8 Å². The van der Waals surface area contributed by atoms with Gasteiger partial charge in [-0.3, -0.25) is 4.79 Å². The van der Waals surface area contributed by atoms with Crippen molar-refractivity contribution in [2.75, 3.05) is 18.4 Å². The van der Waals surface area contributed by atoms with E-state index in [0.717, 1.165) is 11.3 Å². The standard InChI is InChI=1S/C20H27N3O3S/c1-20(2,3)16-6-8-17(9-7-16)23-14-19(24)22-13-12-15-4-10-18(11-5-15)27(21,25)26/h4-11,23H,12-14H2,1-3H3,(H,22,24)(H2,21,25,26). The maximum Gasteiger partial charge on any atom is 0.239 e. The Balaban J connectivity index is 1.75. The SMILES string of the molecule is CC(C)(C)c1ccc(NCC(=O)NCCc2ccc(S(N)(=O)=O)cc2)cc1. The summed E-state index contributed by atoms with van der Waals surface area (Å²) in [5.74, 6) is -0.101. The average molecular weight is 390 g/mol. The van der Waals surface area contributed by atoms with Crippen molar-refractivity contribution in [1.29, 1.82) is 0 Å². The predicted molar refractivity (Wildman–Crippen MR) is 108 cm³/mol. The number of hydrogen-bond acceptors (Lipinski definition) is 4. The topological polar surface area (TPSA) is 101 Å². The molecule has 0 spiro atoms. The van der Waals surface area contributed by atoms with E-state index in [9.17, 15) is 13.2 Å². The van der Waals surface area contributed by atoms with E-state index in [2.05, 4.69) is 43.5 Å². The molecule has 0 atom stereocenters. The summed E-state index contributed by atoms with van der Waals surface area (Å²) >= 11 is 0. The van der Waals surface area contributed by atoms with E-state index in [-0.39, 0.29) is 22.8 Å². The third-order valence-electron chi connectivity index (χ3n) is 4.19. The minimum Gasteiger partial charge on any atom is -0.376 e. The van der Waals surface area contributed by atoms with E-state index in [4.69, 9.17) is 5.14 Å². The molecule has 0 fully saturated rings. The molecule has 7 heteroatoms. The molecule has 6 nitrogen and oxygen atoms in total. The number of nitrogens with one attached hydrogen (secondary N) is 2. The summed E-state index contributed by atoms with van der Waals surface area (Å²) in [6.07, 6.45) is 0.608. The lowest BCUT2D eigenvalue weighted by Crippen LogP contribution is -2.31. The quantitative estimate of drug-likeness (QED) is 0.677. The number of amides is 1. The molecule has 0 aliphatic rings. The maximum atomic E-state index is 11.9. The summed E-state index contributed by atoms with van der Waals surface area (Å²) in [4.78, 5) is 12.0. The fourth-order valence-corrected chi connectivity index (χ4v) is 3.04. The largest absolute Gasteiger partial charge is 0.376 e. The minimum absolute atomic E-state index is 0.0805. The van der Waals surface area contributed by atoms with Crippen LogP contribution in [0.1, 0.15) is 31.9 Å². The highest BCUT2D eigenvalue weighted by atomic mass is 32.2. The van der Waals surface area contributed by atoms with Crippen LogP contribution in [0.5, 0.6) is 0 Å². The Morgan fingerprint density at radius 2 is 1.59 bits per heavy atom. The van der Waals surface area contributed by atoms with Crippen LogP contribution in [-0.2, 0) is 26.7 Å². The molecular formula is C20H27N3O3S. The molecule has 146 valence electrons. The van der Waals surface area contributed by atoms with Crippen LogP contribution in [0.25, 0.3) is 0 Å². The fourth-order valence-electron chi connectivity index (χ4n) is 2.52. The summed E-state index contributed by atoms with van der Waals surface area (Å²) in [5.41, 5.74) is 3.17. The summed E-state index contributed by atoms with van der Waals surface area (Å²) in [6, 6.07) is 14.4. The van der Waals surface area contributed by atoms with Crippen molar-refractivity contribution >= 4 is 21.6 Å². The highest BCUT2D eigenvalue weighted by Crippen LogP contribution is 2.23. The van der Waals surface area contributed by atoms with Gasteiger partial charge in [-0.05, 0) is 47.2 Å². The lowest BCUT2D eigenvalue weighted by molar-refractivity contribution is -0.119. The number of carbonyl (C=O) groups is 1. The molecule has 0 heterocycles. The average Bonchev–Trinajstić information content (AvgIpc) is 2.59. The Morgan fingerprint density at radius 1 is 1.00 bits per heavy atom. The van der Waals surface area contributed by atoms with Gasteiger partial charge in [0.05, 0.1) is 11.4 Å². The van der Waals surface area contributed by atoms with E-state index in [0.29, 0.717) is 13.0 Å². The van der Waals surface area contributed by atoms with Gasteiger partial charge < -0.3 is 10.6 Å². The van der Waals surface area contributed by atoms with E-state index in [1.54, 1.807) is 12.1 Å². The predicted octanol–water partition coefficient (Wildman–Crippen LogP) is 2.40. The van der Waals surface area contributed by atoms with Crippen molar-refractivity contribution in [3.05, 3.63) is 59.7 Å². The van der Waals surface area contributed by atoms with E-state index < -0.39 is 10.0 Å². The Morgan fingerprint density at radius 3 is 2.11 bits per heavy atom. The number of sulfonamides is 1. The molecule has 2 rings (SSSR count). The van der Waals surface area contributed by atoms with Crippen molar-refractivity contribution in [2.24, 2.45) is 5.14 Å². The fraction of sp³-hybridized carbons (Fsp3) is 0.350. The Hall–Kier alpha value is -2.38. The molecule has 0 aliphatic heterocycles. The second-order valence-corrected chi connectivity index (χ2v) is 9.03. The van der Waals surface area contributed by atoms with Crippen LogP contribution in [0, 0.1) is 0 Å². The molecule has 0 bridgehead atoms. The van der Waals surface area contributed by atoms with Crippen molar-refractivity contribution in [3.8, 4) is 0 Å². The van der Waals surface area contributed by atoms with Gasteiger partial charge in [0, 0.05) is 12.2 Å². The van der Waals surface area contributed by atoms with Crippen LogP contribution in [0.2, 0.25) is 0 Å². The second kappa shape index (κ2) is 8.54. The van der Waals surface area contributed by atoms with Gasteiger partial charge in [0.1, 0.15) is 0 Å². The lowest BCUT2D eigenvalue weighted by Gasteiger charge is -2.19. The first-order valence-electron chi connectivity index (χ1n) is 8.78. The first kappa shape index (κ1) is 20.9. The van der Waals surface area contributed by atoms with Crippen LogP contribution in [-0.4, -0.2) is 27.4 Å². The molecule has 0 saturated heterocycles. The van der Waals surface area contributed by atoms with Crippen LogP contribution in [0.3, 0.4) is 0 Å². The molecule has 2 aromatic rings. The number of carbonyl (C=O) groups excluding carboxylic acids is 1. The van der Waals surface area contributed by atoms with E-state index >= 15 is 0 Å². The summed E-state index contributed by atoms with van der Waals surface area (Å²) in [7, 11) is -3.68. The zero-order chi connectivity index (χ0) is 20.1. The van der Waals surface area contributed by atoms with Crippen molar-refractivity contribution in [3.63, 3.8) is 0 Å². The number of primary sulfonamides is 1. The molecule has 27 heavy (non-hydrogen) atoms. The van der Waals surface area contributed by atoms with Gasteiger partial charge in [-0.15, -0.1) is 0 Å². The van der Waals surface area contributed by atoms with Gasteiger partial charge in [-0.25, -0.2) is 13.6 Å². The Labute approximate surface area is 161 Å². The minimum atomic E-state index is -3.68. The van der Waals surface area contributed by atoms with Crippen LogP contribution in [0.4, 0.5) is 5.69 Å². The van der Waals surface area contributed by atoms with Gasteiger partial charge in [0.25, 0.3) is 0 Å². The molecule has 1 amide bonds. The van der Waals surface area contributed by atoms with Gasteiger partial charge in [-0.1, -0.05) is 45.0 Å². The third-order valence-corrected chi connectivity index (χ3v) is 5.12. The highest BCUT2D eigenvalue weighted by molar-refractivity contribution is 7.89. The first-order valence-corrected chi connectivity index (χ1v) is 10.3. The monoisotopic (exact) mass is 389 g/mol. The first-order chi connectivity index (χ1) is 12.6. The number of benzene rings is 2. The molecule has 0 unspecified atom stereocenters. The molecule has 0 saturated carbocycles. The number of rotatable bonds is 7. The summed E-state index contributed by atoms with van der Waals surface area (Å²) in [6.45, 7) is 7.14. The van der Waals surface area contributed by atoms with Crippen LogP contribution in [0.15, 0.2) is 53.4 Å². The van der Waals surface area contributed by atoms with Crippen molar-refractivity contribution in [2.45, 2.75) is 37.5 Å².